The normalized spacial score (nSPS) is 11.1. The van der Waals surface area contributed by atoms with Crippen LogP contribution in [0.5, 0.6) is 0 Å². The molecule has 0 amide bonds. The number of hydrogen-bond acceptors (Lipinski definition) is 7. The average Bonchev–Trinajstić information content (AvgIpc) is 3.41. The Kier molecular flexibility index (Phi) is 4.30. The van der Waals surface area contributed by atoms with E-state index >= 15 is 0 Å². The van der Waals surface area contributed by atoms with Gasteiger partial charge in [-0.05, 0) is 24.3 Å². The Hall–Kier alpha value is -3.52. The summed E-state index contributed by atoms with van der Waals surface area (Å²) in [6.45, 7) is 0. The highest BCUT2D eigenvalue weighted by Gasteiger charge is 2.14. The van der Waals surface area contributed by atoms with Crippen LogP contribution in [0.15, 0.2) is 82.7 Å². The monoisotopic (exact) mass is 386 g/mol. The Balaban J connectivity index is 1.39. The molecule has 0 N–H and O–H groups in total. The van der Waals surface area contributed by atoms with Gasteiger partial charge in [0, 0.05) is 5.56 Å². The van der Waals surface area contributed by atoms with E-state index in [2.05, 4.69) is 25.2 Å². The van der Waals surface area contributed by atoms with Gasteiger partial charge in [-0.25, -0.2) is 14.6 Å². The van der Waals surface area contributed by atoms with Crippen molar-refractivity contribution < 1.29 is 4.52 Å². The minimum atomic E-state index is 0.515. The summed E-state index contributed by atoms with van der Waals surface area (Å²) in [6.07, 6.45) is 3.34. The van der Waals surface area contributed by atoms with Gasteiger partial charge in [-0.1, -0.05) is 53.3 Å². The van der Waals surface area contributed by atoms with E-state index < -0.39 is 0 Å². The molecule has 7 nitrogen and oxygen atoms in total. The predicted octanol–water partition coefficient (Wildman–Crippen LogP) is 4.16. The maximum atomic E-state index is 5.36. The van der Waals surface area contributed by atoms with Gasteiger partial charge in [-0.2, -0.15) is 10.1 Å². The van der Waals surface area contributed by atoms with Crippen LogP contribution in [0.2, 0.25) is 0 Å². The Bertz CT molecular complexity index is 1220. The molecular formula is C20H14N6OS. The standard InChI is InChI=1S/C20H14N6OS/c1-3-7-14(8-4-1)19-24-17(25-27-19)12-28-20-16-11-23-26(18(16)21-13-22-20)15-9-5-2-6-10-15/h1-11,13H,12H2. The second kappa shape index (κ2) is 7.24. The van der Waals surface area contributed by atoms with Crippen molar-refractivity contribution in [1.29, 1.82) is 0 Å². The zero-order chi connectivity index (χ0) is 18.8. The van der Waals surface area contributed by atoms with E-state index in [1.54, 1.807) is 12.5 Å². The lowest BCUT2D eigenvalue weighted by molar-refractivity contribution is 0.425. The van der Waals surface area contributed by atoms with E-state index in [1.807, 2.05) is 65.3 Å². The number of thioether (sulfide) groups is 1. The van der Waals surface area contributed by atoms with Crippen molar-refractivity contribution in [1.82, 2.24) is 29.9 Å². The lowest BCUT2D eigenvalue weighted by atomic mass is 10.2. The van der Waals surface area contributed by atoms with Crippen LogP contribution in [0.25, 0.3) is 28.2 Å². The molecule has 2 aromatic carbocycles. The van der Waals surface area contributed by atoms with Crippen molar-refractivity contribution >= 4 is 22.8 Å². The summed E-state index contributed by atoms with van der Waals surface area (Å²) in [5.41, 5.74) is 2.62. The zero-order valence-electron chi connectivity index (χ0n) is 14.6. The van der Waals surface area contributed by atoms with Crippen LogP contribution in [-0.2, 0) is 5.75 Å². The van der Waals surface area contributed by atoms with Gasteiger partial charge >= 0.3 is 0 Å². The number of para-hydroxylation sites is 1. The number of nitrogens with zero attached hydrogens (tertiary/aromatic N) is 6. The van der Waals surface area contributed by atoms with Gasteiger partial charge < -0.3 is 4.52 Å². The lowest BCUT2D eigenvalue weighted by Crippen LogP contribution is -1.97. The van der Waals surface area contributed by atoms with Gasteiger partial charge in [0.15, 0.2) is 11.5 Å². The molecule has 5 rings (SSSR count). The van der Waals surface area contributed by atoms with E-state index in [9.17, 15) is 0 Å². The first-order valence-electron chi connectivity index (χ1n) is 8.63. The molecule has 8 heteroatoms. The van der Waals surface area contributed by atoms with Gasteiger partial charge in [-0.3, -0.25) is 0 Å². The van der Waals surface area contributed by atoms with Crippen molar-refractivity contribution in [3.8, 4) is 17.1 Å². The summed E-state index contributed by atoms with van der Waals surface area (Å²) in [6, 6.07) is 19.6. The number of aromatic nitrogens is 6. The van der Waals surface area contributed by atoms with Crippen LogP contribution >= 0.6 is 11.8 Å². The predicted molar refractivity (Wildman–Crippen MR) is 106 cm³/mol. The maximum Gasteiger partial charge on any atom is 0.257 e. The van der Waals surface area contributed by atoms with Gasteiger partial charge in [0.1, 0.15) is 11.4 Å². The maximum absolute atomic E-state index is 5.36. The van der Waals surface area contributed by atoms with Gasteiger partial charge in [-0.15, -0.1) is 0 Å². The lowest BCUT2D eigenvalue weighted by Gasteiger charge is -2.03. The van der Waals surface area contributed by atoms with Crippen LogP contribution < -0.4 is 0 Å². The third-order valence-electron chi connectivity index (χ3n) is 4.16. The molecule has 0 unspecified atom stereocenters. The van der Waals surface area contributed by atoms with E-state index in [4.69, 9.17) is 4.52 Å². The Labute approximate surface area is 164 Å². The second-order valence-electron chi connectivity index (χ2n) is 5.98. The fourth-order valence-corrected chi connectivity index (χ4v) is 3.64. The second-order valence-corrected chi connectivity index (χ2v) is 6.94. The number of benzene rings is 2. The molecule has 5 aromatic rings. The fourth-order valence-electron chi connectivity index (χ4n) is 2.84. The summed E-state index contributed by atoms with van der Waals surface area (Å²) < 4.78 is 7.17. The SMILES string of the molecule is c1ccc(-c2nc(CSc3ncnc4c3cnn4-c3ccccc3)no2)cc1. The minimum Gasteiger partial charge on any atom is -0.334 e. The Morgan fingerprint density at radius 1 is 0.929 bits per heavy atom. The smallest absolute Gasteiger partial charge is 0.257 e. The summed E-state index contributed by atoms with van der Waals surface area (Å²) in [7, 11) is 0. The van der Waals surface area contributed by atoms with Gasteiger partial charge in [0.25, 0.3) is 5.89 Å². The molecule has 0 saturated carbocycles. The first-order valence-corrected chi connectivity index (χ1v) is 9.62. The zero-order valence-corrected chi connectivity index (χ0v) is 15.5. The Morgan fingerprint density at radius 2 is 1.71 bits per heavy atom. The number of fused-ring (bicyclic) bond motifs is 1. The van der Waals surface area contributed by atoms with Crippen LogP contribution in [0.3, 0.4) is 0 Å². The molecule has 0 bridgehead atoms. The quantitative estimate of drug-likeness (QED) is 0.331. The molecule has 136 valence electrons. The number of rotatable bonds is 5. The third kappa shape index (κ3) is 3.14. The minimum absolute atomic E-state index is 0.515. The molecule has 0 fully saturated rings. The molecule has 0 aliphatic heterocycles. The molecule has 0 atom stereocenters. The molecule has 0 spiro atoms. The van der Waals surface area contributed by atoms with Crippen molar-refractivity contribution in [2.24, 2.45) is 0 Å². The molecule has 0 aliphatic rings. The summed E-state index contributed by atoms with van der Waals surface area (Å²) in [5.74, 6) is 1.67. The summed E-state index contributed by atoms with van der Waals surface area (Å²) >= 11 is 1.53. The largest absolute Gasteiger partial charge is 0.334 e. The molecule has 0 saturated heterocycles. The fraction of sp³-hybridized carbons (Fsp3) is 0.0500. The van der Waals surface area contributed by atoms with Crippen molar-refractivity contribution in [3.63, 3.8) is 0 Å². The first kappa shape index (κ1) is 16.6. The molecule has 0 aliphatic carbocycles. The van der Waals surface area contributed by atoms with Crippen molar-refractivity contribution in [3.05, 3.63) is 79.0 Å². The van der Waals surface area contributed by atoms with E-state index in [-0.39, 0.29) is 0 Å². The average molecular weight is 386 g/mol. The summed E-state index contributed by atoms with van der Waals surface area (Å²) in [4.78, 5) is 13.3. The molecule has 3 heterocycles. The molecule has 0 radical (unpaired) electrons. The Morgan fingerprint density at radius 3 is 2.54 bits per heavy atom. The highest BCUT2D eigenvalue weighted by atomic mass is 32.2. The third-order valence-corrected chi connectivity index (χ3v) is 5.16. The van der Waals surface area contributed by atoms with Gasteiger partial charge in [0.05, 0.1) is 23.0 Å². The van der Waals surface area contributed by atoms with Crippen molar-refractivity contribution in [2.45, 2.75) is 10.8 Å². The van der Waals surface area contributed by atoms with Crippen molar-refractivity contribution in [2.75, 3.05) is 0 Å². The van der Waals surface area contributed by atoms with Crippen LogP contribution in [0, 0.1) is 0 Å². The van der Waals surface area contributed by atoms with Gasteiger partial charge in [0.2, 0.25) is 0 Å². The van der Waals surface area contributed by atoms with Crippen LogP contribution in [0.4, 0.5) is 0 Å². The highest BCUT2D eigenvalue weighted by molar-refractivity contribution is 7.98. The molecule has 3 aromatic heterocycles. The summed E-state index contributed by atoms with van der Waals surface area (Å²) in [5, 5.41) is 10.3. The van der Waals surface area contributed by atoms with E-state index in [0.29, 0.717) is 17.5 Å². The van der Waals surface area contributed by atoms with Crippen LogP contribution in [0.1, 0.15) is 5.82 Å². The van der Waals surface area contributed by atoms with E-state index in [0.717, 1.165) is 27.3 Å². The molecule has 28 heavy (non-hydrogen) atoms. The molecular weight excluding hydrogens is 372 g/mol. The number of hydrogen-bond donors (Lipinski definition) is 0. The first-order chi connectivity index (χ1) is 13.9. The van der Waals surface area contributed by atoms with E-state index in [1.165, 1.54) is 11.8 Å². The topological polar surface area (TPSA) is 82.5 Å². The van der Waals surface area contributed by atoms with Crippen LogP contribution in [-0.4, -0.2) is 29.9 Å². The highest BCUT2D eigenvalue weighted by Crippen LogP contribution is 2.28.